The monoisotopic (exact) mass is 236 g/mol. The Labute approximate surface area is 98.7 Å². The summed E-state index contributed by atoms with van der Waals surface area (Å²) in [5.41, 5.74) is 1.26. The summed E-state index contributed by atoms with van der Waals surface area (Å²) >= 11 is 11.7. The molecule has 84 valence electrons. The van der Waals surface area contributed by atoms with Crippen LogP contribution in [0.4, 0.5) is 0 Å². The first-order valence-electron chi connectivity index (χ1n) is 5.75. The van der Waals surface area contributed by atoms with Gasteiger partial charge in [-0.25, -0.2) is 0 Å². The topological polar surface area (TPSA) is 0 Å². The van der Waals surface area contributed by atoms with Gasteiger partial charge in [-0.1, -0.05) is 62.7 Å². The molecule has 0 N–H and O–H groups in total. The largest absolute Gasteiger partial charge is 0.106 e. The Morgan fingerprint density at radius 1 is 0.786 bits per heavy atom. The SMILES string of the molecule is CCCCCC(CCCCC)=C(Cl)Cl. The van der Waals surface area contributed by atoms with Crippen molar-refractivity contribution < 1.29 is 0 Å². The van der Waals surface area contributed by atoms with Crippen molar-refractivity contribution in [3.63, 3.8) is 0 Å². The Morgan fingerprint density at radius 2 is 1.21 bits per heavy atom. The van der Waals surface area contributed by atoms with Crippen LogP contribution in [-0.2, 0) is 0 Å². The van der Waals surface area contributed by atoms with E-state index in [0.717, 1.165) is 12.8 Å². The molecule has 2 heteroatoms. The fourth-order valence-corrected chi connectivity index (χ4v) is 1.87. The molecule has 0 rings (SSSR count). The first kappa shape index (κ1) is 14.3. The number of hydrogen-bond donors (Lipinski definition) is 0. The molecule has 0 atom stereocenters. The quantitative estimate of drug-likeness (QED) is 0.465. The molecule has 0 heterocycles. The second-order valence-corrected chi connectivity index (χ2v) is 4.73. The van der Waals surface area contributed by atoms with Crippen molar-refractivity contribution in [1.82, 2.24) is 0 Å². The van der Waals surface area contributed by atoms with E-state index in [4.69, 9.17) is 23.2 Å². The number of halogens is 2. The van der Waals surface area contributed by atoms with Gasteiger partial charge in [-0.3, -0.25) is 0 Å². The molecule has 0 saturated carbocycles. The molecule has 14 heavy (non-hydrogen) atoms. The van der Waals surface area contributed by atoms with E-state index in [1.807, 2.05) is 0 Å². The summed E-state index contributed by atoms with van der Waals surface area (Å²) in [6.07, 6.45) is 9.67. The molecule has 0 radical (unpaired) electrons. The van der Waals surface area contributed by atoms with E-state index in [2.05, 4.69) is 13.8 Å². The fourth-order valence-electron chi connectivity index (χ4n) is 1.49. The highest BCUT2D eigenvalue weighted by molar-refractivity contribution is 6.56. The van der Waals surface area contributed by atoms with Crippen LogP contribution in [0.1, 0.15) is 65.2 Å². The van der Waals surface area contributed by atoms with Gasteiger partial charge in [0.1, 0.15) is 4.49 Å². The molecule has 0 spiro atoms. The van der Waals surface area contributed by atoms with Gasteiger partial charge in [-0.2, -0.15) is 0 Å². The maximum atomic E-state index is 5.85. The van der Waals surface area contributed by atoms with Crippen molar-refractivity contribution in [2.24, 2.45) is 0 Å². The van der Waals surface area contributed by atoms with Crippen LogP contribution >= 0.6 is 23.2 Å². The van der Waals surface area contributed by atoms with Gasteiger partial charge in [0.2, 0.25) is 0 Å². The molecule has 0 unspecified atom stereocenters. The Balaban J connectivity index is 3.75. The van der Waals surface area contributed by atoms with Gasteiger partial charge in [-0.05, 0) is 31.3 Å². The van der Waals surface area contributed by atoms with Crippen LogP contribution in [0.25, 0.3) is 0 Å². The average molecular weight is 237 g/mol. The summed E-state index contributed by atoms with van der Waals surface area (Å²) in [5, 5.41) is 0. The third-order valence-corrected chi connectivity index (χ3v) is 2.97. The number of rotatable bonds is 8. The molecule has 0 aromatic rings. The molecule has 0 aliphatic heterocycles. The molecule has 0 aromatic heterocycles. The Morgan fingerprint density at radius 3 is 1.50 bits per heavy atom. The first-order chi connectivity index (χ1) is 6.72. The molecule has 0 saturated heterocycles. The number of allylic oxidation sites excluding steroid dienone is 1. The van der Waals surface area contributed by atoms with Crippen LogP contribution in [0.15, 0.2) is 10.1 Å². The van der Waals surface area contributed by atoms with Crippen LogP contribution in [-0.4, -0.2) is 0 Å². The lowest BCUT2D eigenvalue weighted by atomic mass is 10.0. The molecule has 0 nitrogen and oxygen atoms in total. The highest BCUT2D eigenvalue weighted by Gasteiger charge is 2.02. The third kappa shape index (κ3) is 7.70. The van der Waals surface area contributed by atoms with Crippen LogP contribution in [0.2, 0.25) is 0 Å². The predicted octanol–water partition coefficient (Wildman–Crippen LogP) is 5.84. The molecule has 0 aromatic carbocycles. The van der Waals surface area contributed by atoms with Crippen molar-refractivity contribution >= 4 is 23.2 Å². The van der Waals surface area contributed by atoms with E-state index in [9.17, 15) is 0 Å². The second kappa shape index (κ2) is 9.86. The van der Waals surface area contributed by atoms with Crippen LogP contribution in [0, 0.1) is 0 Å². The second-order valence-electron chi connectivity index (χ2n) is 3.78. The molecule has 0 fully saturated rings. The summed E-state index contributed by atoms with van der Waals surface area (Å²) in [4.78, 5) is 0. The van der Waals surface area contributed by atoms with Gasteiger partial charge < -0.3 is 0 Å². The highest BCUT2D eigenvalue weighted by atomic mass is 35.5. The first-order valence-corrected chi connectivity index (χ1v) is 6.51. The zero-order chi connectivity index (χ0) is 10.8. The minimum Gasteiger partial charge on any atom is -0.0709 e. The fraction of sp³-hybridized carbons (Fsp3) is 0.833. The standard InChI is InChI=1S/C12H22Cl2/c1-3-5-7-9-11(12(13)14)10-8-6-4-2/h3-10H2,1-2H3. The summed E-state index contributed by atoms with van der Waals surface area (Å²) in [6.45, 7) is 4.42. The molecule has 0 amide bonds. The zero-order valence-electron chi connectivity index (χ0n) is 9.41. The van der Waals surface area contributed by atoms with Crippen molar-refractivity contribution in [1.29, 1.82) is 0 Å². The predicted molar refractivity (Wildman–Crippen MR) is 67.0 cm³/mol. The van der Waals surface area contributed by atoms with Crippen molar-refractivity contribution in [3.8, 4) is 0 Å². The van der Waals surface area contributed by atoms with E-state index >= 15 is 0 Å². The van der Waals surface area contributed by atoms with Crippen molar-refractivity contribution in [2.75, 3.05) is 0 Å². The van der Waals surface area contributed by atoms with Gasteiger partial charge in [0.25, 0.3) is 0 Å². The summed E-state index contributed by atoms with van der Waals surface area (Å²) in [7, 11) is 0. The van der Waals surface area contributed by atoms with Crippen molar-refractivity contribution in [3.05, 3.63) is 10.1 Å². The van der Waals surface area contributed by atoms with E-state index in [-0.39, 0.29) is 0 Å². The lowest BCUT2D eigenvalue weighted by molar-refractivity contribution is 0.659. The molecule has 0 bridgehead atoms. The Bertz CT molecular complexity index is 146. The van der Waals surface area contributed by atoms with E-state index < -0.39 is 0 Å². The van der Waals surface area contributed by atoms with E-state index in [0.29, 0.717) is 4.49 Å². The minimum absolute atomic E-state index is 0.511. The van der Waals surface area contributed by atoms with Crippen LogP contribution in [0.5, 0.6) is 0 Å². The maximum absolute atomic E-state index is 5.85. The van der Waals surface area contributed by atoms with Gasteiger partial charge in [0.05, 0.1) is 0 Å². The minimum atomic E-state index is 0.511. The van der Waals surface area contributed by atoms with Gasteiger partial charge in [0.15, 0.2) is 0 Å². The molecular formula is C12H22Cl2. The third-order valence-electron chi connectivity index (χ3n) is 2.43. The highest BCUT2D eigenvalue weighted by Crippen LogP contribution is 2.24. The molecule has 0 aliphatic carbocycles. The Kier molecular flexibility index (Phi) is 10.1. The van der Waals surface area contributed by atoms with E-state index in [1.54, 1.807) is 0 Å². The smallest absolute Gasteiger partial charge is 0.0709 e. The number of unbranched alkanes of at least 4 members (excludes halogenated alkanes) is 4. The van der Waals surface area contributed by atoms with Gasteiger partial charge >= 0.3 is 0 Å². The summed E-state index contributed by atoms with van der Waals surface area (Å²) in [5.74, 6) is 0. The molecule has 0 aliphatic rings. The molecular weight excluding hydrogens is 215 g/mol. The van der Waals surface area contributed by atoms with Crippen LogP contribution in [0.3, 0.4) is 0 Å². The summed E-state index contributed by atoms with van der Waals surface area (Å²) in [6, 6.07) is 0. The lowest BCUT2D eigenvalue weighted by Crippen LogP contribution is -1.87. The average Bonchev–Trinajstić information content (AvgIpc) is 2.15. The zero-order valence-corrected chi connectivity index (χ0v) is 10.9. The number of hydrogen-bond acceptors (Lipinski definition) is 0. The lowest BCUT2D eigenvalue weighted by Gasteiger charge is -2.06. The van der Waals surface area contributed by atoms with Gasteiger partial charge in [-0.15, -0.1) is 0 Å². The van der Waals surface area contributed by atoms with Gasteiger partial charge in [0, 0.05) is 0 Å². The maximum Gasteiger partial charge on any atom is 0.106 e. The van der Waals surface area contributed by atoms with E-state index in [1.165, 1.54) is 44.1 Å². The van der Waals surface area contributed by atoms with Crippen molar-refractivity contribution in [2.45, 2.75) is 65.2 Å². The normalized spacial score (nSPS) is 10.3. The summed E-state index contributed by atoms with van der Waals surface area (Å²) < 4.78 is 0.511. The Hall–Kier alpha value is 0.320. The van der Waals surface area contributed by atoms with Crippen LogP contribution < -0.4 is 0 Å².